The van der Waals surface area contributed by atoms with Gasteiger partial charge in [-0.25, -0.2) is 0 Å². The molecule has 1 aliphatic heterocycles. The Balaban J connectivity index is 1.90. The number of β-amino-alcohol motifs (C(OH)–C–C–N with tert-alkyl or cyclic N) is 1. The summed E-state index contributed by atoms with van der Waals surface area (Å²) in [5, 5.41) is 12.7. The van der Waals surface area contributed by atoms with Gasteiger partial charge in [0.1, 0.15) is 0 Å². The summed E-state index contributed by atoms with van der Waals surface area (Å²) in [6.07, 6.45) is -2.16. The van der Waals surface area contributed by atoms with Gasteiger partial charge in [0.25, 0.3) is 0 Å². The van der Waals surface area contributed by atoms with E-state index in [9.17, 15) is 18.3 Å². The number of hydrogen-bond acceptors (Lipinski definition) is 3. The lowest BCUT2D eigenvalue weighted by atomic mass is 10.2. The summed E-state index contributed by atoms with van der Waals surface area (Å²) in [4.78, 5) is 2.22. The summed E-state index contributed by atoms with van der Waals surface area (Å²) >= 11 is 0. The number of rotatable bonds is 8. The zero-order valence-corrected chi connectivity index (χ0v) is 10.7. The van der Waals surface area contributed by atoms with Crippen molar-refractivity contribution in [3.8, 4) is 0 Å². The minimum atomic E-state index is -4.05. The Hall–Kier alpha value is -0.330. The van der Waals surface area contributed by atoms with Crippen LogP contribution in [-0.2, 0) is 0 Å². The highest BCUT2D eigenvalue weighted by Gasteiger charge is 2.25. The van der Waals surface area contributed by atoms with Crippen molar-refractivity contribution in [2.75, 3.05) is 32.7 Å². The molecule has 108 valence electrons. The van der Waals surface area contributed by atoms with Crippen LogP contribution in [0.5, 0.6) is 0 Å². The molecule has 1 saturated heterocycles. The third kappa shape index (κ3) is 7.89. The molecule has 0 aromatic carbocycles. The van der Waals surface area contributed by atoms with Crippen molar-refractivity contribution < 1.29 is 18.3 Å². The van der Waals surface area contributed by atoms with Crippen molar-refractivity contribution in [3.63, 3.8) is 0 Å². The number of nitrogens with one attached hydrogen (secondary N) is 1. The zero-order chi connectivity index (χ0) is 13.4. The lowest BCUT2D eigenvalue weighted by Gasteiger charge is -2.19. The van der Waals surface area contributed by atoms with Gasteiger partial charge < -0.3 is 15.3 Å². The number of alkyl halides is 3. The number of halogens is 3. The van der Waals surface area contributed by atoms with Crippen molar-refractivity contribution in [1.29, 1.82) is 0 Å². The lowest BCUT2D eigenvalue weighted by molar-refractivity contribution is -0.135. The van der Waals surface area contributed by atoms with Crippen LogP contribution in [0.3, 0.4) is 0 Å². The fourth-order valence-electron chi connectivity index (χ4n) is 2.17. The van der Waals surface area contributed by atoms with E-state index < -0.39 is 18.7 Å². The maximum atomic E-state index is 11.9. The number of aliphatic hydroxyl groups excluding tert-OH is 1. The molecule has 0 aromatic rings. The van der Waals surface area contributed by atoms with Crippen LogP contribution >= 0.6 is 0 Å². The van der Waals surface area contributed by atoms with E-state index in [2.05, 4.69) is 10.2 Å². The topological polar surface area (TPSA) is 35.5 Å². The van der Waals surface area contributed by atoms with E-state index in [1.807, 2.05) is 0 Å². The summed E-state index contributed by atoms with van der Waals surface area (Å²) in [7, 11) is 0. The fourth-order valence-corrected chi connectivity index (χ4v) is 2.17. The molecule has 0 aliphatic carbocycles. The van der Waals surface area contributed by atoms with Crippen LogP contribution in [0.4, 0.5) is 13.2 Å². The molecule has 1 aliphatic rings. The van der Waals surface area contributed by atoms with Gasteiger partial charge in [0.05, 0.1) is 6.10 Å². The molecule has 0 saturated carbocycles. The maximum absolute atomic E-state index is 11.9. The van der Waals surface area contributed by atoms with Crippen LogP contribution in [-0.4, -0.2) is 55.0 Å². The number of aliphatic hydroxyl groups is 1. The van der Waals surface area contributed by atoms with E-state index in [1.165, 1.54) is 12.8 Å². The third-order valence-electron chi connectivity index (χ3n) is 3.11. The largest absolute Gasteiger partial charge is 0.390 e. The first kappa shape index (κ1) is 15.7. The summed E-state index contributed by atoms with van der Waals surface area (Å²) in [5.74, 6) is 0. The van der Waals surface area contributed by atoms with Crippen LogP contribution in [0, 0.1) is 0 Å². The maximum Gasteiger partial charge on any atom is 0.389 e. The van der Waals surface area contributed by atoms with Gasteiger partial charge in [-0.15, -0.1) is 0 Å². The average Bonchev–Trinajstić information content (AvgIpc) is 2.74. The second-order valence-corrected chi connectivity index (χ2v) is 4.94. The first-order valence-corrected chi connectivity index (χ1v) is 6.65. The minimum absolute atomic E-state index is 0.152. The molecule has 1 fully saturated rings. The highest BCUT2D eigenvalue weighted by molar-refractivity contribution is 4.71. The number of hydrogen-bond donors (Lipinski definition) is 2. The second kappa shape index (κ2) is 7.96. The quantitative estimate of drug-likeness (QED) is 0.659. The van der Waals surface area contributed by atoms with Gasteiger partial charge in [-0.05, 0) is 45.3 Å². The van der Waals surface area contributed by atoms with Gasteiger partial charge in [0, 0.05) is 19.5 Å². The Morgan fingerprint density at radius 2 is 1.83 bits per heavy atom. The Kier molecular flexibility index (Phi) is 6.96. The SMILES string of the molecule is OC(CNCCCCC(F)(F)F)CN1CCCC1. The lowest BCUT2D eigenvalue weighted by Crippen LogP contribution is -2.37. The Morgan fingerprint density at radius 3 is 2.44 bits per heavy atom. The summed E-state index contributed by atoms with van der Waals surface area (Å²) in [5.41, 5.74) is 0. The van der Waals surface area contributed by atoms with Crippen molar-refractivity contribution in [3.05, 3.63) is 0 Å². The minimum Gasteiger partial charge on any atom is -0.390 e. The predicted octanol–water partition coefficient (Wildman–Crippen LogP) is 1.77. The molecule has 18 heavy (non-hydrogen) atoms. The predicted molar refractivity (Wildman–Crippen MR) is 64.5 cm³/mol. The van der Waals surface area contributed by atoms with Crippen LogP contribution < -0.4 is 5.32 Å². The Labute approximate surface area is 106 Å². The molecule has 3 nitrogen and oxygen atoms in total. The number of unbranched alkanes of at least 4 members (excludes halogenated alkanes) is 1. The first-order chi connectivity index (χ1) is 8.47. The Morgan fingerprint density at radius 1 is 1.17 bits per heavy atom. The van der Waals surface area contributed by atoms with E-state index >= 15 is 0 Å². The molecular weight excluding hydrogens is 245 g/mol. The van der Waals surface area contributed by atoms with Crippen LogP contribution in [0.15, 0.2) is 0 Å². The fraction of sp³-hybridized carbons (Fsp3) is 1.00. The number of nitrogens with zero attached hydrogens (tertiary/aromatic N) is 1. The Bertz CT molecular complexity index is 218. The van der Waals surface area contributed by atoms with Crippen LogP contribution in [0.25, 0.3) is 0 Å². The summed E-state index contributed by atoms with van der Waals surface area (Å²) < 4.78 is 35.6. The second-order valence-electron chi connectivity index (χ2n) is 4.94. The highest BCUT2D eigenvalue weighted by Crippen LogP contribution is 2.21. The molecule has 0 spiro atoms. The molecule has 6 heteroatoms. The third-order valence-corrected chi connectivity index (χ3v) is 3.11. The van der Waals surface area contributed by atoms with E-state index in [4.69, 9.17) is 0 Å². The normalized spacial score (nSPS) is 19.3. The van der Waals surface area contributed by atoms with Gasteiger partial charge in [-0.3, -0.25) is 0 Å². The average molecular weight is 268 g/mol. The van der Waals surface area contributed by atoms with E-state index in [-0.39, 0.29) is 6.42 Å². The van der Waals surface area contributed by atoms with Gasteiger partial charge in [-0.2, -0.15) is 13.2 Å². The number of likely N-dealkylation sites (tertiary alicyclic amines) is 1. The standard InChI is InChI=1S/C12H23F3N2O/c13-12(14,15)5-1-2-6-16-9-11(18)10-17-7-3-4-8-17/h11,16,18H,1-10H2. The molecule has 0 amide bonds. The van der Waals surface area contributed by atoms with E-state index in [0.717, 1.165) is 13.1 Å². The molecule has 1 unspecified atom stereocenters. The van der Waals surface area contributed by atoms with Gasteiger partial charge in [0.2, 0.25) is 0 Å². The molecular formula is C12H23F3N2O. The van der Waals surface area contributed by atoms with Crippen molar-refractivity contribution in [2.45, 2.75) is 44.4 Å². The summed E-state index contributed by atoms with van der Waals surface area (Å²) in [6, 6.07) is 0. The molecule has 1 heterocycles. The first-order valence-electron chi connectivity index (χ1n) is 6.65. The van der Waals surface area contributed by atoms with Crippen molar-refractivity contribution in [1.82, 2.24) is 10.2 Å². The molecule has 0 aromatic heterocycles. The highest BCUT2D eigenvalue weighted by atomic mass is 19.4. The van der Waals surface area contributed by atoms with Gasteiger partial charge in [0.15, 0.2) is 0 Å². The van der Waals surface area contributed by atoms with E-state index in [0.29, 0.717) is 26.1 Å². The zero-order valence-electron chi connectivity index (χ0n) is 10.7. The molecule has 0 radical (unpaired) electrons. The molecule has 2 N–H and O–H groups in total. The van der Waals surface area contributed by atoms with Crippen LogP contribution in [0.2, 0.25) is 0 Å². The smallest absolute Gasteiger partial charge is 0.389 e. The molecule has 0 bridgehead atoms. The van der Waals surface area contributed by atoms with E-state index in [1.54, 1.807) is 0 Å². The molecule has 1 rings (SSSR count). The van der Waals surface area contributed by atoms with Crippen LogP contribution in [0.1, 0.15) is 32.1 Å². The monoisotopic (exact) mass is 268 g/mol. The van der Waals surface area contributed by atoms with Gasteiger partial charge in [-0.1, -0.05) is 0 Å². The summed E-state index contributed by atoms with van der Waals surface area (Å²) in [6.45, 7) is 3.75. The van der Waals surface area contributed by atoms with Crippen molar-refractivity contribution in [2.24, 2.45) is 0 Å². The van der Waals surface area contributed by atoms with Crippen molar-refractivity contribution >= 4 is 0 Å². The van der Waals surface area contributed by atoms with Gasteiger partial charge >= 0.3 is 6.18 Å². The molecule has 1 atom stereocenters.